The smallest absolute Gasteiger partial charge is 0.256 e. The van der Waals surface area contributed by atoms with Crippen LogP contribution in [0.4, 0.5) is 4.39 Å². The van der Waals surface area contributed by atoms with E-state index in [1.807, 2.05) is 6.92 Å². The van der Waals surface area contributed by atoms with E-state index in [1.54, 1.807) is 18.2 Å². The van der Waals surface area contributed by atoms with E-state index in [1.165, 1.54) is 12.5 Å². The minimum absolute atomic E-state index is 0. The summed E-state index contributed by atoms with van der Waals surface area (Å²) >= 11 is 0. The maximum atomic E-state index is 13.9. The molecule has 132 valence electrons. The van der Waals surface area contributed by atoms with Gasteiger partial charge in [-0.3, -0.25) is 9.69 Å². The molecule has 0 saturated carbocycles. The minimum atomic E-state index is -0.342. The lowest BCUT2D eigenvalue weighted by atomic mass is 10.1. The Morgan fingerprint density at radius 1 is 1.38 bits per heavy atom. The van der Waals surface area contributed by atoms with Crippen LogP contribution in [-0.4, -0.2) is 42.2 Å². The number of benzene rings is 1. The molecule has 1 aliphatic heterocycles. The summed E-state index contributed by atoms with van der Waals surface area (Å²) in [4.78, 5) is 17.4. The normalized spacial score (nSPS) is 18.0. The summed E-state index contributed by atoms with van der Waals surface area (Å²) in [5.41, 5.74) is 0.568. The van der Waals surface area contributed by atoms with Crippen molar-refractivity contribution in [3.63, 3.8) is 0 Å². The van der Waals surface area contributed by atoms with Crippen molar-refractivity contribution in [3.8, 4) is 0 Å². The number of hydrogen-bond donors (Lipinski definition) is 1. The zero-order valence-corrected chi connectivity index (χ0v) is 14.7. The van der Waals surface area contributed by atoms with Gasteiger partial charge in [0.25, 0.3) is 5.56 Å². The molecule has 6 heteroatoms. The predicted octanol–water partition coefficient (Wildman–Crippen LogP) is 3.13. The summed E-state index contributed by atoms with van der Waals surface area (Å²) in [5.74, 6) is -0.342. The second kappa shape index (κ2) is 8.60. The molecule has 1 aliphatic rings. The van der Waals surface area contributed by atoms with Crippen molar-refractivity contribution in [3.05, 3.63) is 46.1 Å². The Bertz CT molecular complexity index is 735. The molecular weight excluding hydrogens is 331 g/mol. The Balaban J connectivity index is 0.00000208. The van der Waals surface area contributed by atoms with Crippen molar-refractivity contribution in [2.24, 2.45) is 0 Å². The van der Waals surface area contributed by atoms with Gasteiger partial charge in [-0.25, -0.2) is 4.39 Å². The van der Waals surface area contributed by atoms with E-state index < -0.39 is 0 Å². The number of H-pyrrole nitrogens is 1. The van der Waals surface area contributed by atoms with E-state index in [2.05, 4.69) is 9.88 Å². The van der Waals surface area contributed by atoms with Gasteiger partial charge in [-0.15, -0.1) is 12.4 Å². The van der Waals surface area contributed by atoms with Crippen LogP contribution in [0, 0.1) is 5.82 Å². The predicted molar refractivity (Wildman–Crippen MR) is 96.6 cm³/mol. The summed E-state index contributed by atoms with van der Waals surface area (Å²) in [5, 5.41) is 0.808. The van der Waals surface area contributed by atoms with Crippen LogP contribution in [0.25, 0.3) is 10.8 Å². The van der Waals surface area contributed by atoms with Gasteiger partial charge in [0.2, 0.25) is 0 Å². The summed E-state index contributed by atoms with van der Waals surface area (Å²) in [7, 11) is 0. The Morgan fingerprint density at radius 2 is 2.21 bits per heavy atom. The maximum Gasteiger partial charge on any atom is 0.256 e. The minimum Gasteiger partial charge on any atom is -0.380 e. The van der Waals surface area contributed by atoms with Crippen LogP contribution in [0.1, 0.15) is 25.5 Å². The highest BCUT2D eigenvalue weighted by molar-refractivity contribution is 5.85. The van der Waals surface area contributed by atoms with Gasteiger partial charge in [0.05, 0.1) is 6.61 Å². The second-order valence-corrected chi connectivity index (χ2v) is 6.07. The topological polar surface area (TPSA) is 45.3 Å². The fraction of sp³-hybridized carbons (Fsp3) is 0.500. The van der Waals surface area contributed by atoms with Gasteiger partial charge in [0.15, 0.2) is 0 Å². The van der Waals surface area contributed by atoms with E-state index in [0.717, 1.165) is 38.4 Å². The van der Waals surface area contributed by atoms with Crippen LogP contribution in [0.3, 0.4) is 0 Å². The number of rotatable bonds is 6. The third-order valence-corrected chi connectivity index (χ3v) is 4.57. The standard InChI is InChI=1S/C18H23FN2O2.ClH/c1-2-23-12-14-5-4-9-21(14)10-8-13-11-16-15(18(22)20-13)6-3-7-17(16)19;/h3,6-7,11,14H,2,4-5,8-10,12H2,1H3,(H,20,22);1H/t14-;/m1./s1. The summed E-state index contributed by atoms with van der Waals surface area (Å²) in [6.45, 7) is 5.42. The second-order valence-electron chi connectivity index (χ2n) is 6.07. The Labute approximate surface area is 147 Å². The molecule has 0 aliphatic carbocycles. The van der Waals surface area contributed by atoms with E-state index >= 15 is 0 Å². The number of aromatic nitrogens is 1. The first kappa shape index (κ1) is 18.9. The van der Waals surface area contributed by atoms with Crippen LogP contribution in [0.5, 0.6) is 0 Å². The van der Waals surface area contributed by atoms with Gasteiger partial charge >= 0.3 is 0 Å². The van der Waals surface area contributed by atoms with Crippen molar-refractivity contribution < 1.29 is 9.13 Å². The Kier molecular flexibility index (Phi) is 6.78. The lowest BCUT2D eigenvalue weighted by Gasteiger charge is -2.24. The van der Waals surface area contributed by atoms with Crippen LogP contribution < -0.4 is 5.56 Å². The molecule has 4 nitrogen and oxygen atoms in total. The van der Waals surface area contributed by atoms with Crippen LogP contribution >= 0.6 is 12.4 Å². The number of hydrogen-bond acceptors (Lipinski definition) is 3. The van der Waals surface area contributed by atoms with E-state index in [-0.39, 0.29) is 23.8 Å². The van der Waals surface area contributed by atoms with Crippen LogP contribution in [0.2, 0.25) is 0 Å². The number of nitrogens with zero attached hydrogens (tertiary/aromatic N) is 1. The highest BCUT2D eigenvalue weighted by Gasteiger charge is 2.24. The molecule has 1 saturated heterocycles. The van der Waals surface area contributed by atoms with Crippen LogP contribution in [-0.2, 0) is 11.2 Å². The number of halogens is 2. The first-order valence-electron chi connectivity index (χ1n) is 8.31. The average molecular weight is 355 g/mol. The molecule has 1 aromatic heterocycles. The summed E-state index contributed by atoms with van der Waals surface area (Å²) in [6.07, 6.45) is 3.05. The average Bonchev–Trinajstić information content (AvgIpc) is 2.99. The van der Waals surface area contributed by atoms with Crippen molar-refractivity contribution in [1.29, 1.82) is 0 Å². The third-order valence-electron chi connectivity index (χ3n) is 4.57. The quantitative estimate of drug-likeness (QED) is 0.866. The van der Waals surface area contributed by atoms with Gasteiger partial charge in [-0.05, 0) is 44.5 Å². The molecule has 1 N–H and O–H groups in total. The van der Waals surface area contributed by atoms with Gasteiger partial charge in [-0.1, -0.05) is 6.07 Å². The monoisotopic (exact) mass is 354 g/mol. The molecule has 2 heterocycles. The maximum absolute atomic E-state index is 13.9. The molecule has 0 bridgehead atoms. The molecule has 0 unspecified atom stereocenters. The van der Waals surface area contributed by atoms with Gasteiger partial charge in [0, 0.05) is 42.1 Å². The molecule has 1 aromatic carbocycles. The lowest BCUT2D eigenvalue weighted by Crippen LogP contribution is -2.35. The van der Waals surface area contributed by atoms with E-state index in [0.29, 0.717) is 23.2 Å². The molecular formula is C18H24ClFN2O2. The Morgan fingerprint density at radius 3 is 3.00 bits per heavy atom. The van der Waals surface area contributed by atoms with Gasteiger partial charge in [-0.2, -0.15) is 0 Å². The molecule has 0 amide bonds. The fourth-order valence-corrected chi connectivity index (χ4v) is 3.34. The molecule has 1 fully saturated rings. The number of nitrogens with one attached hydrogen (secondary N) is 1. The molecule has 2 aromatic rings. The molecule has 24 heavy (non-hydrogen) atoms. The number of ether oxygens (including phenoxy) is 1. The first-order valence-corrected chi connectivity index (χ1v) is 8.31. The highest BCUT2D eigenvalue weighted by Crippen LogP contribution is 2.19. The summed E-state index contributed by atoms with van der Waals surface area (Å²) in [6, 6.07) is 6.83. The zero-order valence-electron chi connectivity index (χ0n) is 13.9. The van der Waals surface area contributed by atoms with E-state index in [4.69, 9.17) is 4.74 Å². The molecule has 3 rings (SSSR count). The van der Waals surface area contributed by atoms with Crippen LogP contribution in [0.15, 0.2) is 29.1 Å². The van der Waals surface area contributed by atoms with Crippen molar-refractivity contribution >= 4 is 23.2 Å². The van der Waals surface area contributed by atoms with Gasteiger partial charge < -0.3 is 9.72 Å². The molecule has 0 radical (unpaired) electrons. The lowest BCUT2D eigenvalue weighted by molar-refractivity contribution is 0.0856. The molecule has 0 spiro atoms. The van der Waals surface area contributed by atoms with Crippen molar-refractivity contribution in [2.75, 3.05) is 26.3 Å². The van der Waals surface area contributed by atoms with Crippen molar-refractivity contribution in [2.45, 2.75) is 32.2 Å². The highest BCUT2D eigenvalue weighted by atomic mass is 35.5. The Hall–Kier alpha value is -1.43. The van der Waals surface area contributed by atoms with Gasteiger partial charge in [0.1, 0.15) is 5.82 Å². The van der Waals surface area contributed by atoms with E-state index in [9.17, 15) is 9.18 Å². The largest absolute Gasteiger partial charge is 0.380 e. The number of fused-ring (bicyclic) bond motifs is 1. The molecule has 1 atom stereocenters. The number of pyridine rings is 1. The van der Waals surface area contributed by atoms with Crippen molar-refractivity contribution in [1.82, 2.24) is 9.88 Å². The number of aromatic amines is 1. The zero-order chi connectivity index (χ0) is 16.2. The first-order chi connectivity index (χ1) is 11.2. The summed E-state index contributed by atoms with van der Waals surface area (Å²) < 4.78 is 19.5. The SMILES string of the molecule is CCOC[C@H]1CCCN1CCc1cc2c(F)cccc2c(=O)[nH]1.Cl. The fourth-order valence-electron chi connectivity index (χ4n) is 3.34. The number of likely N-dealkylation sites (tertiary alicyclic amines) is 1. The third kappa shape index (κ3) is 4.15.